The molecule has 1 atom stereocenters. The van der Waals surface area contributed by atoms with Crippen molar-refractivity contribution in [3.05, 3.63) is 71.8 Å². The van der Waals surface area contributed by atoms with Crippen LogP contribution < -0.4 is 10.2 Å². The minimum atomic E-state index is -0.277. The summed E-state index contributed by atoms with van der Waals surface area (Å²) in [5, 5.41) is 4.40. The van der Waals surface area contributed by atoms with Crippen LogP contribution in [0, 0.1) is 0 Å². The largest absolute Gasteiger partial charge is 0.490 e. The molecular formula is C19H19ClN2O2S. The summed E-state index contributed by atoms with van der Waals surface area (Å²) in [7, 11) is 0. The Kier molecular flexibility index (Phi) is 7.57. The molecule has 6 heteroatoms. The molecule has 2 rings (SSSR count). The van der Waals surface area contributed by atoms with E-state index in [1.807, 2.05) is 43.3 Å². The van der Waals surface area contributed by atoms with Gasteiger partial charge < -0.3 is 4.74 Å². The maximum absolute atomic E-state index is 12.1. The Bertz CT molecular complexity index is 747. The molecule has 1 amide bonds. The topological polar surface area (TPSA) is 50.7 Å². The summed E-state index contributed by atoms with van der Waals surface area (Å²) in [5.41, 5.74) is 3.39. The van der Waals surface area contributed by atoms with Gasteiger partial charge in [-0.05, 0) is 48.9 Å². The van der Waals surface area contributed by atoms with Crippen molar-refractivity contribution < 1.29 is 9.53 Å². The molecule has 0 aliphatic heterocycles. The number of halogens is 1. The van der Waals surface area contributed by atoms with Crippen LogP contribution >= 0.6 is 23.4 Å². The normalized spacial score (nSPS) is 11.9. The molecule has 0 bridgehead atoms. The van der Waals surface area contributed by atoms with E-state index in [-0.39, 0.29) is 11.2 Å². The van der Waals surface area contributed by atoms with E-state index < -0.39 is 0 Å². The molecule has 0 aliphatic carbocycles. The number of rotatable bonds is 8. The minimum Gasteiger partial charge on any atom is -0.490 e. The predicted molar refractivity (Wildman–Crippen MR) is 105 cm³/mol. The van der Waals surface area contributed by atoms with Crippen molar-refractivity contribution in [1.29, 1.82) is 0 Å². The van der Waals surface area contributed by atoms with Gasteiger partial charge in [0, 0.05) is 9.92 Å². The molecule has 0 saturated heterocycles. The molecule has 0 saturated carbocycles. The van der Waals surface area contributed by atoms with Crippen LogP contribution in [-0.4, -0.2) is 24.0 Å². The molecule has 130 valence electrons. The van der Waals surface area contributed by atoms with Crippen molar-refractivity contribution in [1.82, 2.24) is 5.43 Å². The number of amides is 1. The SMILES string of the molecule is C=CCOc1cccc(/C=N\NC(=O)[C@@H](C)Sc2ccc(Cl)cc2)c1. The zero-order valence-corrected chi connectivity index (χ0v) is 15.4. The smallest absolute Gasteiger partial charge is 0.253 e. The molecule has 0 aromatic heterocycles. The Morgan fingerprint density at radius 1 is 1.36 bits per heavy atom. The molecule has 0 unspecified atom stereocenters. The molecule has 1 N–H and O–H groups in total. The monoisotopic (exact) mass is 374 g/mol. The first-order valence-corrected chi connectivity index (χ1v) is 8.93. The molecular weight excluding hydrogens is 356 g/mol. The van der Waals surface area contributed by atoms with E-state index in [9.17, 15) is 4.79 Å². The van der Waals surface area contributed by atoms with E-state index in [0.717, 1.165) is 16.2 Å². The van der Waals surface area contributed by atoms with Crippen LogP contribution in [0.5, 0.6) is 5.75 Å². The number of ether oxygens (including phenoxy) is 1. The number of hydrogen-bond donors (Lipinski definition) is 1. The number of nitrogens with zero attached hydrogens (tertiary/aromatic N) is 1. The van der Waals surface area contributed by atoms with E-state index in [1.54, 1.807) is 24.4 Å². The molecule has 4 nitrogen and oxygen atoms in total. The van der Waals surface area contributed by atoms with Crippen molar-refractivity contribution in [3.63, 3.8) is 0 Å². The number of carbonyl (C=O) groups excluding carboxylic acids is 1. The number of benzene rings is 2. The van der Waals surface area contributed by atoms with Gasteiger partial charge in [-0.1, -0.05) is 36.4 Å². The lowest BCUT2D eigenvalue weighted by molar-refractivity contribution is -0.120. The van der Waals surface area contributed by atoms with E-state index in [1.165, 1.54) is 11.8 Å². The Labute approximate surface area is 156 Å². The Morgan fingerprint density at radius 2 is 2.12 bits per heavy atom. The fraction of sp³-hybridized carbons (Fsp3) is 0.158. The van der Waals surface area contributed by atoms with Crippen molar-refractivity contribution >= 4 is 35.5 Å². The zero-order valence-electron chi connectivity index (χ0n) is 13.8. The summed E-state index contributed by atoms with van der Waals surface area (Å²) in [6.45, 7) is 5.88. The van der Waals surface area contributed by atoms with Crippen LogP contribution in [0.25, 0.3) is 0 Å². The Balaban J connectivity index is 1.86. The highest BCUT2D eigenvalue weighted by Gasteiger charge is 2.13. The van der Waals surface area contributed by atoms with Gasteiger partial charge in [0.25, 0.3) is 5.91 Å². The fourth-order valence-electron chi connectivity index (χ4n) is 1.87. The molecule has 2 aromatic carbocycles. The van der Waals surface area contributed by atoms with Crippen molar-refractivity contribution in [3.8, 4) is 5.75 Å². The molecule has 0 aliphatic rings. The number of hydrazone groups is 1. The van der Waals surface area contributed by atoms with Crippen LogP contribution in [0.2, 0.25) is 5.02 Å². The lowest BCUT2D eigenvalue weighted by Gasteiger charge is -2.09. The number of thioether (sulfide) groups is 1. The summed E-state index contributed by atoms with van der Waals surface area (Å²) < 4.78 is 5.46. The first kappa shape index (κ1) is 19.1. The number of nitrogens with one attached hydrogen (secondary N) is 1. The van der Waals surface area contributed by atoms with Crippen LogP contribution in [0.4, 0.5) is 0 Å². The summed E-state index contributed by atoms with van der Waals surface area (Å²) in [6, 6.07) is 14.8. The van der Waals surface area contributed by atoms with E-state index in [0.29, 0.717) is 11.6 Å². The lowest BCUT2D eigenvalue weighted by atomic mass is 10.2. The zero-order chi connectivity index (χ0) is 18.1. The average molecular weight is 375 g/mol. The summed E-state index contributed by atoms with van der Waals surface area (Å²) in [6.07, 6.45) is 3.26. The first-order valence-electron chi connectivity index (χ1n) is 7.67. The third-order valence-electron chi connectivity index (χ3n) is 3.11. The standard InChI is InChI=1S/C19H19ClN2O2S/c1-3-11-24-17-6-4-5-15(12-17)13-21-22-19(23)14(2)25-18-9-7-16(20)8-10-18/h3-10,12-14H,1,11H2,2H3,(H,22,23)/b21-13-/t14-/m1/s1. The number of hydrogen-bond acceptors (Lipinski definition) is 4. The maximum Gasteiger partial charge on any atom is 0.253 e. The molecule has 2 aromatic rings. The van der Waals surface area contributed by atoms with Crippen LogP contribution in [0.1, 0.15) is 12.5 Å². The summed E-state index contributed by atoms with van der Waals surface area (Å²) >= 11 is 7.30. The van der Waals surface area contributed by atoms with E-state index >= 15 is 0 Å². The second-order valence-electron chi connectivity index (χ2n) is 5.12. The average Bonchev–Trinajstić information content (AvgIpc) is 2.62. The van der Waals surface area contributed by atoms with Gasteiger partial charge in [0.2, 0.25) is 0 Å². The van der Waals surface area contributed by atoms with Gasteiger partial charge in [-0.25, -0.2) is 5.43 Å². The second kappa shape index (κ2) is 9.91. The summed E-state index contributed by atoms with van der Waals surface area (Å²) in [4.78, 5) is 13.1. The summed E-state index contributed by atoms with van der Waals surface area (Å²) in [5.74, 6) is 0.553. The van der Waals surface area contributed by atoms with E-state index in [4.69, 9.17) is 16.3 Å². The van der Waals surface area contributed by atoms with Gasteiger partial charge in [0.05, 0.1) is 11.5 Å². The highest BCUT2D eigenvalue weighted by atomic mass is 35.5. The molecule has 0 heterocycles. The Morgan fingerprint density at radius 3 is 2.84 bits per heavy atom. The maximum atomic E-state index is 12.1. The van der Waals surface area contributed by atoms with Gasteiger partial charge >= 0.3 is 0 Å². The quantitative estimate of drug-likeness (QED) is 0.319. The predicted octanol–water partition coefficient (Wildman–Crippen LogP) is 4.54. The first-order chi connectivity index (χ1) is 12.1. The highest BCUT2D eigenvalue weighted by Crippen LogP contribution is 2.24. The van der Waals surface area contributed by atoms with Gasteiger partial charge in [0.1, 0.15) is 12.4 Å². The van der Waals surface area contributed by atoms with Crippen molar-refractivity contribution in [2.45, 2.75) is 17.1 Å². The minimum absolute atomic E-state index is 0.171. The second-order valence-corrected chi connectivity index (χ2v) is 6.97. The number of carbonyl (C=O) groups is 1. The van der Waals surface area contributed by atoms with E-state index in [2.05, 4.69) is 17.1 Å². The highest BCUT2D eigenvalue weighted by molar-refractivity contribution is 8.00. The third kappa shape index (κ3) is 6.64. The molecule has 0 spiro atoms. The molecule has 0 fully saturated rings. The van der Waals surface area contributed by atoms with Gasteiger partial charge in [-0.3, -0.25) is 4.79 Å². The van der Waals surface area contributed by atoms with Crippen LogP contribution in [-0.2, 0) is 4.79 Å². The van der Waals surface area contributed by atoms with Gasteiger partial charge in [0.15, 0.2) is 0 Å². The fourth-order valence-corrected chi connectivity index (χ4v) is 2.86. The van der Waals surface area contributed by atoms with Crippen LogP contribution in [0.15, 0.2) is 71.2 Å². The van der Waals surface area contributed by atoms with Crippen LogP contribution in [0.3, 0.4) is 0 Å². The Hall–Kier alpha value is -2.24. The van der Waals surface area contributed by atoms with Gasteiger partial charge in [-0.15, -0.1) is 11.8 Å². The molecule has 25 heavy (non-hydrogen) atoms. The molecule has 0 radical (unpaired) electrons. The van der Waals surface area contributed by atoms with Crippen molar-refractivity contribution in [2.75, 3.05) is 6.61 Å². The van der Waals surface area contributed by atoms with Gasteiger partial charge in [-0.2, -0.15) is 5.10 Å². The third-order valence-corrected chi connectivity index (χ3v) is 4.47. The lowest BCUT2D eigenvalue weighted by Crippen LogP contribution is -2.26. The van der Waals surface area contributed by atoms with Crippen molar-refractivity contribution in [2.24, 2.45) is 5.10 Å².